The van der Waals surface area contributed by atoms with Crippen LogP contribution in [0.15, 0.2) is 82.7 Å². The van der Waals surface area contributed by atoms with E-state index in [1.807, 2.05) is 72.8 Å². The molecule has 1 heterocycles. The summed E-state index contributed by atoms with van der Waals surface area (Å²) >= 11 is 1.19. The van der Waals surface area contributed by atoms with Gasteiger partial charge in [0.25, 0.3) is 0 Å². The molecule has 34 heavy (non-hydrogen) atoms. The molecule has 0 saturated carbocycles. The fraction of sp³-hybridized carbons (Fsp3) is 0.192. The number of thiazole rings is 1. The molecule has 0 amide bonds. The average Bonchev–Trinajstić information content (AvgIpc) is 3.16. The van der Waals surface area contributed by atoms with Gasteiger partial charge in [0.2, 0.25) is 0 Å². The fourth-order valence-electron chi connectivity index (χ4n) is 3.64. The lowest BCUT2D eigenvalue weighted by atomic mass is 10.0. The van der Waals surface area contributed by atoms with Crippen molar-refractivity contribution in [2.45, 2.75) is 19.4 Å². The molecule has 174 valence electrons. The number of oxime groups is 1. The number of fused-ring (bicyclic) bond motifs is 1. The normalized spacial score (nSPS) is 11.5. The summed E-state index contributed by atoms with van der Waals surface area (Å²) in [7, 11) is 1.51. The van der Waals surface area contributed by atoms with E-state index < -0.39 is 5.97 Å². The zero-order chi connectivity index (χ0) is 23.9. The van der Waals surface area contributed by atoms with Crippen LogP contribution in [0.1, 0.15) is 23.1 Å². The fourth-order valence-corrected chi connectivity index (χ4v) is 4.60. The average molecular weight is 477 g/mol. The standard InChI is InChI=1S/C26H24N2O5S/c1-32-27-25(19-5-3-2-4-6-19)20-10-13-22-23(17-20)34-26(31)28(22)15-16-33-21-11-7-18(8-12-21)9-14-24(29)30/h2-8,10-13,17H,9,14-16H2,1H3,(H,29,30). The highest BCUT2D eigenvalue weighted by atomic mass is 32.1. The first-order chi connectivity index (χ1) is 16.5. The smallest absolute Gasteiger partial charge is 0.308 e. The van der Waals surface area contributed by atoms with E-state index in [1.165, 1.54) is 18.4 Å². The number of carboxylic acid groups (broad SMARTS) is 1. The molecule has 0 fully saturated rings. The zero-order valence-corrected chi connectivity index (χ0v) is 19.5. The van der Waals surface area contributed by atoms with Gasteiger partial charge < -0.3 is 14.7 Å². The Morgan fingerprint density at radius 3 is 2.50 bits per heavy atom. The minimum absolute atomic E-state index is 0.0512. The van der Waals surface area contributed by atoms with E-state index in [4.69, 9.17) is 14.7 Å². The number of hydrogen-bond acceptors (Lipinski definition) is 6. The van der Waals surface area contributed by atoms with Crippen LogP contribution in [0.5, 0.6) is 5.75 Å². The molecule has 0 aliphatic heterocycles. The predicted molar refractivity (Wildman–Crippen MR) is 133 cm³/mol. The van der Waals surface area contributed by atoms with Crippen molar-refractivity contribution in [3.8, 4) is 5.75 Å². The second kappa shape index (κ2) is 10.8. The number of carboxylic acids is 1. The van der Waals surface area contributed by atoms with Crippen molar-refractivity contribution < 1.29 is 19.5 Å². The molecule has 0 saturated heterocycles. The summed E-state index contributed by atoms with van der Waals surface area (Å²) in [5.41, 5.74) is 4.28. The molecule has 8 heteroatoms. The third-order valence-corrected chi connectivity index (χ3v) is 6.25. The van der Waals surface area contributed by atoms with Crippen LogP contribution in [0.4, 0.5) is 0 Å². The van der Waals surface area contributed by atoms with E-state index in [2.05, 4.69) is 5.16 Å². The first-order valence-corrected chi connectivity index (χ1v) is 11.6. The Morgan fingerprint density at radius 2 is 1.79 bits per heavy atom. The summed E-state index contributed by atoms with van der Waals surface area (Å²) in [6.07, 6.45) is 0.579. The predicted octanol–water partition coefficient (Wildman–Crippen LogP) is 4.56. The summed E-state index contributed by atoms with van der Waals surface area (Å²) in [6.45, 7) is 0.749. The van der Waals surface area contributed by atoms with Gasteiger partial charge in [-0.25, -0.2) is 0 Å². The van der Waals surface area contributed by atoms with Gasteiger partial charge in [-0.1, -0.05) is 65.0 Å². The highest BCUT2D eigenvalue weighted by Gasteiger charge is 2.13. The van der Waals surface area contributed by atoms with Crippen LogP contribution >= 0.6 is 11.3 Å². The zero-order valence-electron chi connectivity index (χ0n) is 18.6. The molecule has 0 radical (unpaired) electrons. The Balaban J connectivity index is 1.47. The molecule has 1 aromatic heterocycles. The van der Waals surface area contributed by atoms with Crippen LogP contribution in [0.3, 0.4) is 0 Å². The highest BCUT2D eigenvalue weighted by molar-refractivity contribution is 7.16. The van der Waals surface area contributed by atoms with Crippen molar-refractivity contribution in [2.24, 2.45) is 5.16 Å². The first-order valence-electron chi connectivity index (χ1n) is 10.8. The number of rotatable bonds is 10. The van der Waals surface area contributed by atoms with Crippen molar-refractivity contribution in [1.82, 2.24) is 4.57 Å². The lowest BCUT2D eigenvalue weighted by molar-refractivity contribution is -0.136. The topological polar surface area (TPSA) is 90.1 Å². The lowest BCUT2D eigenvalue weighted by Crippen LogP contribution is -2.17. The van der Waals surface area contributed by atoms with Gasteiger partial charge >= 0.3 is 10.8 Å². The van der Waals surface area contributed by atoms with Crippen molar-refractivity contribution in [2.75, 3.05) is 13.7 Å². The monoisotopic (exact) mass is 476 g/mol. The number of aromatic nitrogens is 1. The number of ether oxygens (including phenoxy) is 1. The van der Waals surface area contributed by atoms with Crippen molar-refractivity contribution in [3.05, 3.63) is 99.2 Å². The van der Waals surface area contributed by atoms with Gasteiger partial charge in [0.15, 0.2) is 0 Å². The van der Waals surface area contributed by atoms with Crippen molar-refractivity contribution in [3.63, 3.8) is 0 Å². The molecule has 0 atom stereocenters. The summed E-state index contributed by atoms with van der Waals surface area (Å²) in [4.78, 5) is 28.4. The van der Waals surface area contributed by atoms with Gasteiger partial charge in [0, 0.05) is 17.5 Å². The van der Waals surface area contributed by atoms with E-state index in [0.717, 1.165) is 26.9 Å². The van der Waals surface area contributed by atoms with Crippen LogP contribution < -0.4 is 9.61 Å². The summed E-state index contributed by atoms with van der Waals surface area (Å²) < 4.78 is 8.38. The molecule has 3 aromatic carbocycles. The van der Waals surface area contributed by atoms with E-state index in [1.54, 1.807) is 4.57 Å². The molecular weight excluding hydrogens is 452 g/mol. The molecule has 0 bridgehead atoms. The Kier molecular flexibility index (Phi) is 7.39. The van der Waals surface area contributed by atoms with Gasteiger partial charge in [-0.15, -0.1) is 0 Å². The summed E-state index contributed by atoms with van der Waals surface area (Å²) in [6, 6.07) is 22.9. The largest absolute Gasteiger partial charge is 0.492 e. The van der Waals surface area contributed by atoms with Crippen LogP contribution in [-0.4, -0.2) is 35.1 Å². The van der Waals surface area contributed by atoms with E-state index in [-0.39, 0.29) is 11.3 Å². The molecule has 1 N–H and O–H groups in total. The van der Waals surface area contributed by atoms with Gasteiger partial charge in [0.05, 0.1) is 16.8 Å². The number of hydrogen-bond donors (Lipinski definition) is 1. The molecule has 0 spiro atoms. The maximum Gasteiger partial charge on any atom is 0.308 e. The van der Waals surface area contributed by atoms with Crippen LogP contribution in [0, 0.1) is 0 Å². The number of benzene rings is 3. The van der Waals surface area contributed by atoms with Gasteiger partial charge in [-0.05, 0) is 36.2 Å². The van der Waals surface area contributed by atoms with Crippen molar-refractivity contribution >= 4 is 33.2 Å². The van der Waals surface area contributed by atoms with E-state index in [0.29, 0.717) is 31.0 Å². The first kappa shape index (κ1) is 23.3. The summed E-state index contributed by atoms with van der Waals surface area (Å²) in [5.74, 6) is -0.139. The van der Waals surface area contributed by atoms with E-state index >= 15 is 0 Å². The highest BCUT2D eigenvalue weighted by Crippen LogP contribution is 2.22. The quantitative estimate of drug-likeness (QED) is 0.268. The molecule has 0 aliphatic rings. The summed E-state index contributed by atoms with van der Waals surface area (Å²) in [5, 5.41) is 13.0. The molecular formula is C26H24N2O5S. The maximum atomic E-state index is 12.7. The number of nitrogens with zero attached hydrogens (tertiary/aromatic N) is 2. The second-order valence-electron chi connectivity index (χ2n) is 7.58. The second-order valence-corrected chi connectivity index (χ2v) is 8.57. The molecule has 7 nitrogen and oxygen atoms in total. The Morgan fingerprint density at radius 1 is 1.03 bits per heavy atom. The SMILES string of the molecule is CON=C(c1ccccc1)c1ccc2c(c1)sc(=O)n2CCOc1ccc(CCC(=O)O)cc1. The number of aliphatic carboxylic acids is 1. The maximum absolute atomic E-state index is 12.7. The third kappa shape index (κ3) is 5.52. The molecule has 0 unspecified atom stereocenters. The van der Waals surface area contributed by atoms with Gasteiger partial charge in [0.1, 0.15) is 25.2 Å². The van der Waals surface area contributed by atoms with Crippen LogP contribution in [0.25, 0.3) is 10.2 Å². The van der Waals surface area contributed by atoms with Crippen LogP contribution in [-0.2, 0) is 22.6 Å². The van der Waals surface area contributed by atoms with Gasteiger partial charge in [-0.3, -0.25) is 14.2 Å². The third-order valence-electron chi connectivity index (χ3n) is 5.31. The van der Waals surface area contributed by atoms with E-state index in [9.17, 15) is 9.59 Å². The lowest BCUT2D eigenvalue weighted by Gasteiger charge is -2.09. The number of aryl methyl sites for hydroxylation is 1. The molecule has 0 aliphatic carbocycles. The Labute approximate surface area is 200 Å². The molecule has 4 rings (SSSR count). The van der Waals surface area contributed by atoms with Gasteiger partial charge in [-0.2, -0.15) is 0 Å². The minimum atomic E-state index is -0.817. The van der Waals surface area contributed by atoms with Crippen LogP contribution in [0.2, 0.25) is 0 Å². The van der Waals surface area contributed by atoms with Crippen molar-refractivity contribution in [1.29, 1.82) is 0 Å². The molecule has 4 aromatic rings. The minimum Gasteiger partial charge on any atom is -0.492 e. The Hall–Kier alpha value is -3.91. The Bertz CT molecular complexity index is 1360. The number of carbonyl (C=O) groups is 1.